The Morgan fingerprint density at radius 1 is 0.732 bits per heavy atom. The molecule has 5 heteroatoms. The number of unbranched alkanes of at least 4 members (excludes halogenated alkanes) is 2. The van der Waals surface area contributed by atoms with Crippen molar-refractivity contribution in [3.05, 3.63) is 89.5 Å². The van der Waals surface area contributed by atoms with Crippen molar-refractivity contribution in [1.82, 2.24) is 10.4 Å². The Hall–Kier alpha value is -2.52. The summed E-state index contributed by atoms with van der Waals surface area (Å²) in [6.07, 6.45) is 6.15. The van der Waals surface area contributed by atoms with Gasteiger partial charge in [-0.25, -0.2) is 0 Å². The molecule has 1 amide bonds. The first-order valence-corrected chi connectivity index (χ1v) is 17.5. The summed E-state index contributed by atoms with van der Waals surface area (Å²) in [6, 6.07) is 27.8. The van der Waals surface area contributed by atoms with E-state index < -0.39 is 7.26 Å². The molecule has 2 N–H and O–H groups in total. The maximum atomic E-state index is 13.0. The number of hydroxylamine groups is 2. The third kappa shape index (κ3) is 7.28. The van der Waals surface area contributed by atoms with Crippen molar-refractivity contribution in [1.29, 1.82) is 0 Å². The van der Waals surface area contributed by atoms with Gasteiger partial charge in [0.25, 0.3) is 0 Å². The Morgan fingerprint density at radius 3 is 1.51 bits per heavy atom. The van der Waals surface area contributed by atoms with Gasteiger partial charge in [-0.15, -0.1) is 0 Å². The Labute approximate surface area is 248 Å². The predicted octanol–water partition coefficient (Wildman–Crippen LogP) is 6.73. The molecule has 0 saturated carbocycles. The zero-order valence-electron chi connectivity index (χ0n) is 26.3. The van der Waals surface area contributed by atoms with Crippen LogP contribution in [0.15, 0.2) is 72.8 Å². The SMILES string of the molecule is Cc1ccc([PH](CCCCCC(=O)NC2CC(C)(C)N(O)C(C)(C)C2)(c2ccc(C)cc2)c2ccc(C)cc2)cc1. The molecule has 0 aromatic heterocycles. The monoisotopic (exact) mass is 574 g/mol. The molecule has 3 aromatic carbocycles. The van der Waals surface area contributed by atoms with Gasteiger partial charge in [-0.2, -0.15) is 0 Å². The predicted molar refractivity (Wildman–Crippen MR) is 177 cm³/mol. The molecule has 4 rings (SSSR count). The van der Waals surface area contributed by atoms with Gasteiger partial charge in [0.05, 0.1) is 0 Å². The normalized spacial score (nSPS) is 17.8. The summed E-state index contributed by atoms with van der Waals surface area (Å²) in [6.45, 7) is 14.6. The van der Waals surface area contributed by atoms with Crippen molar-refractivity contribution in [3.63, 3.8) is 0 Å². The van der Waals surface area contributed by atoms with Crippen LogP contribution in [-0.2, 0) is 4.79 Å². The van der Waals surface area contributed by atoms with Crippen molar-refractivity contribution in [2.75, 3.05) is 6.16 Å². The molecule has 0 radical (unpaired) electrons. The van der Waals surface area contributed by atoms with Gasteiger partial charge in [0.1, 0.15) is 0 Å². The molecule has 1 saturated heterocycles. The van der Waals surface area contributed by atoms with E-state index in [-0.39, 0.29) is 23.0 Å². The number of hydrogen-bond donors (Lipinski definition) is 2. The van der Waals surface area contributed by atoms with Crippen LogP contribution in [0.3, 0.4) is 0 Å². The second-order valence-electron chi connectivity index (χ2n) is 13.7. The number of piperidine rings is 1. The Balaban J connectivity index is 1.47. The average Bonchev–Trinajstić information content (AvgIpc) is 2.91. The molecule has 1 aliphatic rings. The molecule has 1 aliphatic heterocycles. The molecule has 4 nitrogen and oxygen atoms in total. The fourth-order valence-corrected chi connectivity index (χ4v) is 11.8. The zero-order chi connectivity index (χ0) is 29.8. The molecule has 41 heavy (non-hydrogen) atoms. The molecular formula is C36H51N2O2P. The van der Waals surface area contributed by atoms with E-state index in [0.717, 1.165) is 38.3 Å². The fourth-order valence-electron chi connectivity index (χ4n) is 6.97. The Bertz CT molecular complexity index is 1170. The average molecular weight is 575 g/mol. The van der Waals surface area contributed by atoms with Gasteiger partial charge in [-0.3, -0.25) is 0 Å². The van der Waals surface area contributed by atoms with E-state index in [1.807, 2.05) is 27.7 Å². The van der Waals surface area contributed by atoms with Gasteiger partial charge in [-0.1, -0.05) is 0 Å². The molecule has 0 unspecified atom stereocenters. The third-order valence-electron chi connectivity index (χ3n) is 9.09. The number of rotatable bonds is 10. The topological polar surface area (TPSA) is 52.6 Å². The van der Waals surface area contributed by atoms with E-state index in [1.54, 1.807) is 0 Å². The third-order valence-corrected chi connectivity index (χ3v) is 14.2. The van der Waals surface area contributed by atoms with Gasteiger partial charge < -0.3 is 0 Å². The number of hydrogen-bond acceptors (Lipinski definition) is 3. The summed E-state index contributed by atoms with van der Waals surface area (Å²) in [5.41, 5.74) is 3.12. The van der Waals surface area contributed by atoms with Crippen molar-refractivity contribution >= 4 is 29.1 Å². The number of aryl methyl sites for hydroxylation is 3. The van der Waals surface area contributed by atoms with Crippen LogP contribution in [0, 0.1) is 20.8 Å². The van der Waals surface area contributed by atoms with Gasteiger partial charge in [-0.05, 0) is 0 Å². The van der Waals surface area contributed by atoms with E-state index in [2.05, 4.69) is 98.9 Å². The molecule has 1 fully saturated rings. The van der Waals surface area contributed by atoms with E-state index in [9.17, 15) is 10.0 Å². The summed E-state index contributed by atoms with van der Waals surface area (Å²) >= 11 is 0. The van der Waals surface area contributed by atoms with Crippen LogP contribution in [0.25, 0.3) is 0 Å². The van der Waals surface area contributed by atoms with E-state index in [1.165, 1.54) is 37.7 Å². The second-order valence-corrected chi connectivity index (χ2v) is 17.7. The van der Waals surface area contributed by atoms with Gasteiger partial charge >= 0.3 is 249 Å². The number of benzene rings is 3. The van der Waals surface area contributed by atoms with E-state index >= 15 is 0 Å². The number of carbonyl (C=O) groups excluding carboxylic acids is 1. The van der Waals surface area contributed by atoms with Gasteiger partial charge in [0.2, 0.25) is 0 Å². The summed E-state index contributed by atoms with van der Waals surface area (Å²) < 4.78 is 0. The van der Waals surface area contributed by atoms with Crippen molar-refractivity contribution < 1.29 is 10.0 Å². The molecule has 222 valence electrons. The van der Waals surface area contributed by atoms with Crippen molar-refractivity contribution in [2.45, 2.75) is 104 Å². The second kappa shape index (κ2) is 12.8. The molecule has 0 atom stereocenters. The van der Waals surface area contributed by atoms with Crippen molar-refractivity contribution in [2.24, 2.45) is 0 Å². The molecule has 0 bridgehead atoms. The van der Waals surface area contributed by atoms with Crippen molar-refractivity contribution in [3.8, 4) is 0 Å². The quantitative estimate of drug-likeness (QED) is 0.209. The van der Waals surface area contributed by atoms with Crippen LogP contribution in [0.1, 0.15) is 82.9 Å². The van der Waals surface area contributed by atoms with Crippen LogP contribution in [0.4, 0.5) is 0 Å². The molecule has 0 aliphatic carbocycles. The summed E-state index contributed by atoms with van der Waals surface area (Å²) in [5, 5.41) is 19.7. The number of nitrogens with zero attached hydrogens (tertiary/aromatic N) is 1. The molecule has 0 spiro atoms. The number of amides is 1. The van der Waals surface area contributed by atoms with Crippen LogP contribution in [0.5, 0.6) is 0 Å². The standard InChI is InChI=1S/C36H51N2O2P/c1-27-12-18-31(19-13-27)41(32-20-14-28(2)15-21-32,33-22-16-29(3)17-23-33)24-10-8-9-11-34(39)37-30-25-35(4,5)38(40)36(6,7)26-30/h12-23,30,40-41H,8-11,24-26H2,1-7H3,(H,37,39). The maximum absolute atomic E-state index is 13.0. The zero-order valence-corrected chi connectivity index (χ0v) is 27.3. The number of carbonyl (C=O) groups is 1. The summed E-state index contributed by atoms with van der Waals surface area (Å²) in [4.78, 5) is 13.0. The minimum atomic E-state index is -2.27. The minimum absolute atomic E-state index is 0.0839. The van der Waals surface area contributed by atoms with Crippen LogP contribution in [-0.4, -0.2) is 39.5 Å². The summed E-state index contributed by atoms with van der Waals surface area (Å²) in [5.74, 6) is 0.132. The first-order valence-electron chi connectivity index (χ1n) is 15.3. The van der Waals surface area contributed by atoms with E-state index in [4.69, 9.17) is 0 Å². The first kappa shape index (κ1) is 31.4. The Kier molecular flexibility index (Phi) is 9.79. The molecule has 1 heterocycles. The molecule has 3 aromatic rings. The van der Waals surface area contributed by atoms with Crippen LogP contribution >= 0.6 is 7.26 Å². The van der Waals surface area contributed by atoms with E-state index in [0.29, 0.717) is 6.42 Å². The van der Waals surface area contributed by atoms with Gasteiger partial charge in [0, 0.05) is 0 Å². The number of nitrogens with one attached hydrogen (secondary N) is 1. The van der Waals surface area contributed by atoms with Crippen LogP contribution < -0.4 is 21.2 Å². The summed E-state index contributed by atoms with van der Waals surface area (Å²) in [7, 11) is -2.27. The van der Waals surface area contributed by atoms with Gasteiger partial charge in [0.15, 0.2) is 0 Å². The van der Waals surface area contributed by atoms with Crippen LogP contribution in [0.2, 0.25) is 0 Å². The Morgan fingerprint density at radius 2 is 1.12 bits per heavy atom. The first-order chi connectivity index (χ1) is 19.3. The fraction of sp³-hybridized carbons (Fsp3) is 0.472. The molecular weight excluding hydrogens is 523 g/mol.